The van der Waals surface area contributed by atoms with Crippen LogP contribution in [0, 0.1) is 0 Å². The maximum atomic E-state index is 2.33. The lowest BCUT2D eigenvalue weighted by atomic mass is 10.3. The van der Waals surface area contributed by atoms with Crippen molar-refractivity contribution in [1.29, 1.82) is 0 Å². The standard InChI is InChI=1S/C10H22S2/c1-4-6-7-9-11-12-10(3)8-5-2/h10H,4-9H2,1-3H3. The highest BCUT2D eigenvalue weighted by atomic mass is 33.1. The molecule has 2 heteroatoms. The van der Waals surface area contributed by atoms with Crippen LogP contribution in [0.15, 0.2) is 0 Å². The van der Waals surface area contributed by atoms with Crippen LogP contribution in [0.2, 0.25) is 0 Å². The predicted octanol–water partition coefficient (Wildman–Crippen LogP) is 4.75. The fourth-order valence-corrected chi connectivity index (χ4v) is 3.64. The van der Waals surface area contributed by atoms with Crippen LogP contribution in [-0.4, -0.2) is 11.0 Å². The fourth-order valence-electron chi connectivity index (χ4n) is 1.03. The third-order valence-electron chi connectivity index (χ3n) is 1.76. The summed E-state index contributed by atoms with van der Waals surface area (Å²) in [5, 5.41) is 0.849. The van der Waals surface area contributed by atoms with E-state index < -0.39 is 0 Å². The molecule has 0 radical (unpaired) electrons. The van der Waals surface area contributed by atoms with Gasteiger partial charge in [-0.25, -0.2) is 0 Å². The van der Waals surface area contributed by atoms with Crippen LogP contribution in [0.4, 0.5) is 0 Å². The van der Waals surface area contributed by atoms with Gasteiger partial charge in [-0.15, -0.1) is 0 Å². The highest BCUT2D eigenvalue weighted by molar-refractivity contribution is 8.76. The Balaban J connectivity index is 2.97. The minimum Gasteiger partial charge on any atom is -0.0939 e. The van der Waals surface area contributed by atoms with Crippen LogP contribution in [0.1, 0.15) is 52.9 Å². The summed E-state index contributed by atoms with van der Waals surface area (Å²) in [5.74, 6) is 1.34. The van der Waals surface area contributed by atoms with Crippen molar-refractivity contribution in [3.63, 3.8) is 0 Å². The van der Waals surface area contributed by atoms with E-state index in [0.717, 1.165) is 5.25 Å². The van der Waals surface area contributed by atoms with Gasteiger partial charge in [0.1, 0.15) is 0 Å². The molecular weight excluding hydrogens is 184 g/mol. The van der Waals surface area contributed by atoms with Gasteiger partial charge in [0.25, 0.3) is 0 Å². The van der Waals surface area contributed by atoms with Crippen molar-refractivity contribution in [2.75, 3.05) is 5.75 Å². The van der Waals surface area contributed by atoms with Gasteiger partial charge < -0.3 is 0 Å². The summed E-state index contributed by atoms with van der Waals surface area (Å²) in [6, 6.07) is 0. The Labute approximate surface area is 85.7 Å². The smallest absolute Gasteiger partial charge is 0.0123 e. The first-order chi connectivity index (χ1) is 5.81. The maximum absolute atomic E-state index is 2.33. The molecule has 0 aliphatic heterocycles. The van der Waals surface area contributed by atoms with E-state index in [4.69, 9.17) is 0 Å². The lowest BCUT2D eigenvalue weighted by molar-refractivity contribution is 0.779. The minimum absolute atomic E-state index is 0.849. The summed E-state index contributed by atoms with van der Waals surface area (Å²) in [7, 11) is 4.13. The Morgan fingerprint density at radius 3 is 2.42 bits per heavy atom. The van der Waals surface area contributed by atoms with Gasteiger partial charge in [0.2, 0.25) is 0 Å². The summed E-state index contributed by atoms with van der Waals surface area (Å²) in [5.41, 5.74) is 0. The van der Waals surface area contributed by atoms with Crippen molar-refractivity contribution in [3.8, 4) is 0 Å². The van der Waals surface area contributed by atoms with Crippen molar-refractivity contribution in [2.45, 2.75) is 58.1 Å². The van der Waals surface area contributed by atoms with Gasteiger partial charge in [-0.2, -0.15) is 0 Å². The van der Waals surface area contributed by atoms with Gasteiger partial charge in [-0.05, 0) is 12.8 Å². The third-order valence-corrected chi connectivity index (χ3v) is 4.81. The first kappa shape index (κ1) is 12.7. The SMILES string of the molecule is CCCCCSSC(C)CCC. The summed E-state index contributed by atoms with van der Waals surface area (Å²) in [6.45, 7) is 6.86. The molecule has 0 aliphatic carbocycles. The zero-order valence-electron chi connectivity index (χ0n) is 8.64. The molecule has 0 heterocycles. The van der Waals surface area contributed by atoms with E-state index in [0.29, 0.717) is 0 Å². The van der Waals surface area contributed by atoms with Crippen molar-refractivity contribution >= 4 is 21.6 Å². The van der Waals surface area contributed by atoms with Crippen molar-refractivity contribution in [1.82, 2.24) is 0 Å². The molecule has 0 aromatic heterocycles. The lowest BCUT2D eigenvalue weighted by Crippen LogP contribution is -1.91. The average Bonchev–Trinajstić information content (AvgIpc) is 2.05. The summed E-state index contributed by atoms with van der Waals surface area (Å²) in [6.07, 6.45) is 6.83. The number of hydrogen-bond donors (Lipinski definition) is 0. The summed E-state index contributed by atoms with van der Waals surface area (Å²) in [4.78, 5) is 0. The molecule has 0 saturated carbocycles. The quantitative estimate of drug-likeness (QED) is 0.415. The molecule has 0 fully saturated rings. The first-order valence-electron chi connectivity index (χ1n) is 5.09. The van der Waals surface area contributed by atoms with Gasteiger partial charge in [0, 0.05) is 11.0 Å². The monoisotopic (exact) mass is 206 g/mol. The Morgan fingerprint density at radius 1 is 1.08 bits per heavy atom. The van der Waals surface area contributed by atoms with Crippen molar-refractivity contribution < 1.29 is 0 Å². The Kier molecular flexibility index (Phi) is 10.4. The van der Waals surface area contributed by atoms with E-state index in [1.807, 2.05) is 0 Å². The second-order valence-electron chi connectivity index (χ2n) is 3.22. The largest absolute Gasteiger partial charge is 0.0939 e. The Morgan fingerprint density at radius 2 is 1.83 bits per heavy atom. The molecule has 0 aliphatic rings. The second kappa shape index (κ2) is 9.79. The lowest BCUT2D eigenvalue weighted by Gasteiger charge is -2.07. The summed E-state index contributed by atoms with van der Waals surface area (Å²) >= 11 is 0. The van der Waals surface area contributed by atoms with Crippen molar-refractivity contribution in [3.05, 3.63) is 0 Å². The van der Waals surface area contributed by atoms with Gasteiger partial charge in [0.15, 0.2) is 0 Å². The molecule has 0 nitrogen and oxygen atoms in total. The molecule has 1 atom stereocenters. The molecule has 0 saturated heterocycles. The van der Waals surface area contributed by atoms with Gasteiger partial charge in [-0.1, -0.05) is 61.6 Å². The van der Waals surface area contributed by atoms with Crippen LogP contribution >= 0.6 is 21.6 Å². The van der Waals surface area contributed by atoms with E-state index in [9.17, 15) is 0 Å². The molecule has 0 bridgehead atoms. The van der Waals surface area contributed by atoms with Crippen molar-refractivity contribution in [2.24, 2.45) is 0 Å². The molecule has 0 spiro atoms. The van der Waals surface area contributed by atoms with E-state index in [-0.39, 0.29) is 0 Å². The van der Waals surface area contributed by atoms with Crippen LogP contribution < -0.4 is 0 Å². The fraction of sp³-hybridized carbons (Fsp3) is 1.00. The topological polar surface area (TPSA) is 0 Å². The molecule has 0 amide bonds. The third kappa shape index (κ3) is 8.79. The molecule has 1 unspecified atom stereocenters. The zero-order valence-corrected chi connectivity index (χ0v) is 10.3. The number of hydrogen-bond acceptors (Lipinski definition) is 2. The van der Waals surface area contributed by atoms with Crippen LogP contribution in [-0.2, 0) is 0 Å². The second-order valence-corrected chi connectivity index (χ2v) is 6.15. The van der Waals surface area contributed by atoms with E-state index in [1.54, 1.807) is 0 Å². The van der Waals surface area contributed by atoms with Gasteiger partial charge >= 0.3 is 0 Å². The van der Waals surface area contributed by atoms with E-state index >= 15 is 0 Å². The molecule has 0 aromatic carbocycles. The average molecular weight is 206 g/mol. The first-order valence-corrected chi connectivity index (χ1v) is 7.47. The molecule has 74 valence electrons. The van der Waals surface area contributed by atoms with E-state index in [1.165, 1.54) is 37.9 Å². The molecule has 12 heavy (non-hydrogen) atoms. The molecule has 0 rings (SSSR count). The Bertz CT molecular complexity index is 83.9. The van der Waals surface area contributed by atoms with E-state index in [2.05, 4.69) is 42.4 Å². The van der Waals surface area contributed by atoms with Crippen LogP contribution in [0.3, 0.4) is 0 Å². The number of unbranched alkanes of at least 4 members (excludes halogenated alkanes) is 2. The van der Waals surface area contributed by atoms with Gasteiger partial charge in [-0.3, -0.25) is 0 Å². The predicted molar refractivity (Wildman–Crippen MR) is 63.9 cm³/mol. The molecular formula is C10H22S2. The highest BCUT2D eigenvalue weighted by Gasteiger charge is 2.00. The van der Waals surface area contributed by atoms with Crippen LogP contribution in [0.5, 0.6) is 0 Å². The zero-order chi connectivity index (χ0) is 9.23. The normalized spacial score (nSPS) is 13.2. The minimum atomic E-state index is 0.849. The maximum Gasteiger partial charge on any atom is 0.0123 e. The van der Waals surface area contributed by atoms with Crippen LogP contribution in [0.25, 0.3) is 0 Å². The highest BCUT2D eigenvalue weighted by Crippen LogP contribution is 2.29. The summed E-state index contributed by atoms with van der Waals surface area (Å²) < 4.78 is 0. The Hall–Kier alpha value is 0.700. The number of rotatable bonds is 8. The molecule has 0 N–H and O–H groups in total. The molecule has 0 aromatic rings. The van der Waals surface area contributed by atoms with Gasteiger partial charge in [0.05, 0.1) is 0 Å².